The van der Waals surface area contributed by atoms with Crippen molar-refractivity contribution in [3.05, 3.63) is 35.9 Å². The summed E-state index contributed by atoms with van der Waals surface area (Å²) in [4.78, 5) is 26.9. The molecule has 1 heterocycles. The Hall–Kier alpha value is -1.92. The number of likely N-dealkylation sites (tertiary alicyclic amines) is 1. The minimum Gasteiger partial charge on any atom is -0.469 e. The number of hydrogen-bond donors (Lipinski definition) is 2. The van der Waals surface area contributed by atoms with Crippen LogP contribution in [-0.2, 0) is 20.7 Å². The molecule has 1 aliphatic heterocycles. The number of fused-ring (bicyclic) bond motifs is 1. The van der Waals surface area contributed by atoms with Gasteiger partial charge in [0.25, 0.3) is 0 Å². The molecule has 3 rings (SSSR count). The summed E-state index contributed by atoms with van der Waals surface area (Å²) >= 11 is 0. The zero-order chi connectivity index (χ0) is 18.8. The van der Waals surface area contributed by atoms with Crippen LogP contribution < -0.4 is 11.5 Å². The lowest BCUT2D eigenvalue weighted by molar-refractivity contribution is -0.148. The van der Waals surface area contributed by atoms with Crippen LogP contribution in [0, 0.1) is 5.92 Å². The van der Waals surface area contributed by atoms with Gasteiger partial charge in [-0.25, -0.2) is 0 Å². The lowest BCUT2D eigenvalue weighted by Gasteiger charge is -2.43. The fraction of sp³-hybridized carbons (Fsp3) is 0.600. The van der Waals surface area contributed by atoms with Crippen molar-refractivity contribution in [1.29, 1.82) is 0 Å². The van der Waals surface area contributed by atoms with Gasteiger partial charge >= 0.3 is 5.97 Å². The molecule has 26 heavy (non-hydrogen) atoms. The predicted molar refractivity (Wildman–Crippen MR) is 99.2 cm³/mol. The molecular weight excluding hydrogens is 330 g/mol. The lowest BCUT2D eigenvalue weighted by atomic mass is 9.70. The quantitative estimate of drug-likeness (QED) is 0.770. The molecule has 2 fully saturated rings. The van der Waals surface area contributed by atoms with E-state index in [2.05, 4.69) is 0 Å². The molecule has 2 aliphatic rings. The van der Waals surface area contributed by atoms with Gasteiger partial charge in [-0.15, -0.1) is 0 Å². The molecule has 1 aromatic rings. The molecule has 6 heteroatoms. The van der Waals surface area contributed by atoms with E-state index in [-0.39, 0.29) is 18.3 Å². The molecular formula is C20H29N3O3. The summed E-state index contributed by atoms with van der Waals surface area (Å²) in [5.74, 6) is -0.927. The van der Waals surface area contributed by atoms with Crippen molar-refractivity contribution in [3.8, 4) is 0 Å². The van der Waals surface area contributed by atoms with Gasteiger partial charge in [-0.1, -0.05) is 43.2 Å². The summed E-state index contributed by atoms with van der Waals surface area (Å²) in [6, 6.07) is 9.68. The van der Waals surface area contributed by atoms with E-state index in [0.29, 0.717) is 19.5 Å². The molecule has 0 aromatic heterocycles. The molecule has 1 saturated heterocycles. The van der Waals surface area contributed by atoms with Gasteiger partial charge in [0.15, 0.2) is 0 Å². The van der Waals surface area contributed by atoms with Crippen molar-refractivity contribution in [2.75, 3.05) is 20.2 Å². The number of carbonyl (C=O) groups is 2. The van der Waals surface area contributed by atoms with Crippen LogP contribution in [0.4, 0.5) is 0 Å². The first-order chi connectivity index (χ1) is 12.4. The van der Waals surface area contributed by atoms with E-state index in [1.165, 1.54) is 7.11 Å². The molecule has 3 atom stereocenters. The van der Waals surface area contributed by atoms with Crippen LogP contribution in [-0.4, -0.2) is 48.1 Å². The van der Waals surface area contributed by atoms with Crippen molar-refractivity contribution < 1.29 is 14.3 Å². The number of hydrogen-bond acceptors (Lipinski definition) is 5. The normalized spacial score (nSPS) is 29.1. The van der Waals surface area contributed by atoms with Gasteiger partial charge < -0.3 is 21.1 Å². The third-order valence-corrected chi connectivity index (χ3v) is 6.07. The third kappa shape index (κ3) is 3.62. The highest BCUT2D eigenvalue weighted by molar-refractivity contribution is 5.83. The topological polar surface area (TPSA) is 98.7 Å². The zero-order valence-electron chi connectivity index (χ0n) is 15.4. The number of methoxy groups -OCH3 is 1. The van der Waals surface area contributed by atoms with E-state index in [1.54, 1.807) is 4.90 Å². The average Bonchev–Trinajstić information content (AvgIpc) is 2.93. The summed E-state index contributed by atoms with van der Waals surface area (Å²) in [5, 5.41) is 0. The monoisotopic (exact) mass is 359 g/mol. The predicted octanol–water partition coefficient (Wildman–Crippen LogP) is 1.22. The van der Waals surface area contributed by atoms with Gasteiger partial charge in [-0.3, -0.25) is 9.59 Å². The fourth-order valence-corrected chi connectivity index (χ4v) is 4.41. The average molecular weight is 359 g/mol. The van der Waals surface area contributed by atoms with Crippen LogP contribution in [0.2, 0.25) is 0 Å². The molecule has 1 amide bonds. The van der Waals surface area contributed by atoms with E-state index in [0.717, 1.165) is 31.2 Å². The van der Waals surface area contributed by atoms with E-state index >= 15 is 0 Å². The molecule has 6 nitrogen and oxygen atoms in total. The van der Waals surface area contributed by atoms with Crippen LogP contribution >= 0.6 is 0 Å². The van der Waals surface area contributed by atoms with Gasteiger partial charge in [-0.2, -0.15) is 0 Å². The maximum Gasteiger partial charge on any atom is 0.309 e. The minimum atomic E-state index is -0.513. The molecule has 1 aromatic carbocycles. The van der Waals surface area contributed by atoms with E-state index in [1.807, 2.05) is 30.3 Å². The molecule has 0 spiro atoms. The molecule has 0 unspecified atom stereocenters. The molecule has 1 saturated carbocycles. The Morgan fingerprint density at radius 3 is 2.23 bits per heavy atom. The first-order valence-electron chi connectivity index (χ1n) is 9.34. The summed E-state index contributed by atoms with van der Waals surface area (Å²) in [7, 11) is 1.36. The van der Waals surface area contributed by atoms with Crippen molar-refractivity contribution in [2.24, 2.45) is 17.4 Å². The largest absolute Gasteiger partial charge is 0.469 e. The Balaban J connectivity index is 1.69. The smallest absolute Gasteiger partial charge is 0.309 e. The summed E-state index contributed by atoms with van der Waals surface area (Å²) < 4.78 is 4.92. The summed E-state index contributed by atoms with van der Waals surface area (Å²) in [6.45, 7) is 0.948. The molecule has 142 valence electrons. The van der Waals surface area contributed by atoms with Crippen LogP contribution in [0.1, 0.15) is 37.7 Å². The highest BCUT2D eigenvalue weighted by Crippen LogP contribution is 2.40. The third-order valence-electron chi connectivity index (χ3n) is 6.07. The van der Waals surface area contributed by atoms with Crippen LogP contribution in [0.15, 0.2) is 30.3 Å². The number of esters is 1. The SMILES string of the molecule is COC(=O)[C@H](CC(=O)N1C[C@]2(N)CCCC[C@]2(N)C1)Cc1ccccc1. The lowest BCUT2D eigenvalue weighted by Crippen LogP contribution is -2.66. The second kappa shape index (κ2) is 7.37. The maximum absolute atomic E-state index is 12.9. The molecule has 1 aliphatic carbocycles. The van der Waals surface area contributed by atoms with E-state index in [9.17, 15) is 9.59 Å². The van der Waals surface area contributed by atoms with Gasteiger partial charge in [0.2, 0.25) is 5.91 Å². The Labute approximate surface area is 154 Å². The van der Waals surface area contributed by atoms with Crippen molar-refractivity contribution in [1.82, 2.24) is 4.90 Å². The summed E-state index contributed by atoms with van der Waals surface area (Å²) in [6.07, 6.45) is 4.39. The van der Waals surface area contributed by atoms with Crippen molar-refractivity contribution >= 4 is 11.9 Å². The number of amides is 1. The second-order valence-corrected chi connectivity index (χ2v) is 7.88. The van der Waals surface area contributed by atoms with Crippen molar-refractivity contribution in [2.45, 2.75) is 49.6 Å². The van der Waals surface area contributed by atoms with Gasteiger partial charge in [0, 0.05) is 19.5 Å². The molecule has 0 radical (unpaired) electrons. The minimum absolute atomic E-state index is 0.0691. The van der Waals surface area contributed by atoms with Crippen molar-refractivity contribution in [3.63, 3.8) is 0 Å². The van der Waals surface area contributed by atoms with Gasteiger partial charge in [0.1, 0.15) is 0 Å². The maximum atomic E-state index is 12.9. The molecule has 0 bridgehead atoms. The Bertz CT molecular complexity index is 646. The second-order valence-electron chi connectivity index (χ2n) is 7.88. The number of carbonyl (C=O) groups excluding carboxylic acids is 2. The van der Waals surface area contributed by atoms with E-state index in [4.69, 9.17) is 16.2 Å². The fourth-order valence-electron chi connectivity index (χ4n) is 4.41. The Morgan fingerprint density at radius 1 is 1.12 bits per heavy atom. The molecule has 4 N–H and O–H groups in total. The Morgan fingerprint density at radius 2 is 1.69 bits per heavy atom. The Kier molecular flexibility index (Phi) is 5.34. The van der Waals surface area contributed by atoms with E-state index < -0.39 is 17.0 Å². The number of ether oxygens (including phenoxy) is 1. The number of nitrogens with two attached hydrogens (primary N) is 2. The standard InChI is InChI=1S/C20H29N3O3/c1-26-18(25)16(11-15-7-3-2-4-8-15)12-17(24)23-13-19(21)9-5-6-10-20(19,22)14-23/h2-4,7-8,16H,5-6,9-14,21-22H2,1H3/t16-,19-,20+/m0/s1. The highest BCUT2D eigenvalue weighted by Gasteiger charge is 2.55. The van der Waals surface area contributed by atoms with Crippen LogP contribution in [0.3, 0.4) is 0 Å². The highest BCUT2D eigenvalue weighted by atomic mass is 16.5. The van der Waals surface area contributed by atoms with Gasteiger partial charge in [0.05, 0.1) is 24.1 Å². The summed E-state index contributed by atoms with van der Waals surface area (Å²) in [5.41, 5.74) is 13.1. The van der Waals surface area contributed by atoms with Crippen LogP contribution in [0.5, 0.6) is 0 Å². The van der Waals surface area contributed by atoms with Crippen LogP contribution in [0.25, 0.3) is 0 Å². The number of nitrogens with zero attached hydrogens (tertiary/aromatic N) is 1. The van der Waals surface area contributed by atoms with Gasteiger partial charge in [-0.05, 0) is 24.8 Å². The number of benzene rings is 1. The number of rotatable bonds is 5. The first kappa shape index (κ1) is 18.9. The zero-order valence-corrected chi connectivity index (χ0v) is 15.4. The first-order valence-corrected chi connectivity index (χ1v) is 9.34.